The third kappa shape index (κ3) is 2.99. The Kier molecular flexibility index (Phi) is 4.40. The summed E-state index contributed by atoms with van der Waals surface area (Å²) < 4.78 is 5.83. The minimum Gasteiger partial charge on any atom is -0.370 e. The minimum atomic E-state index is 0.0222. The van der Waals surface area contributed by atoms with E-state index in [-0.39, 0.29) is 12.1 Å². The van der Waals surface area contributed by atoms with E-state index in [1.807, 2.05) is 36.3 Å². The predicted octanol–water partition coefficient (Wildman–Crippen LogP) is 3.05. The topological polar surface area (TPSA) is 21.7 Å². The maximum Gasteiger partial charge on any atom is 0.100 e. The molecule has 0 N–H and O–H groups in total. The summed E-state index contributed by atoms with van der Waals surface area (Å²) in [5, 5.41) is 2.74. The van der Waals surface area contributed by atoms with Gasteiger partial charge in [0.1, 0.15) is 6.10 Å². The quantitative estimate of drug-likeness (QED) is 0.829. The van der Waals surface area contributed by atoms with Crippen LogP contribution in [0.2, 0.25) is 5.02 Å². The molecule has 0 bridgehead atoms. The molecule has 0 radical (unpaired) electrons. The second-order valence-electron chi connectivity index (χ2n) is 4.15. The van der Waals surface area contributed by atoms with Crippen LogP contribution in [0.15, 0.2) is 24.3 Å². The van der Waals surface area contributed by atoms with Crippen molar-refractivity contribution in [1.29, 1.82) is 0 Å². The van der Waals surface area contributed by atoms with Crippen molar-refractivity contribution in [3.63, 3.8) is 0 Å². The molecule has 1 aromatic rings. The average molecular weight is 256 g/mol. The first-order chi connectivity index (χ1) is 8.22. The van der Waals surface area contributed by atoms with Gasteiger partial charge in [0.05, 0.1) is 19.3 Å². The number of halogens is 1. The van der Waals surface area contributed by atoms with Crippen molar-refractivity contribution in [2.45, 2.75) is 26.0 Å². The zero-order valence-corrected chi connectivity index (χ0v) is 11.0. The number of hydrogen-bond donors (Lipinski definition) is 0. The fourth-order valence-corrected chi connectivity index (χ4v) is 2.37. The largest absolute Gasteiger partial charge is 0.370 e. The van der Waals surface area contributed by atoms with Gasteiger partial charge >= 0.3 is 0 Å². The number of morpholine rings is 1. The summed E-state index contributed by atoms with van der Waals surface area (Å²) in [5.74, 6) is 0. The molecular formula is C13H18ClNO2. The van der Waals surface area contributed by atoms with Crippen molar-refractivity contribution < 1.29 is 9.57 Å². The lowest BCUT2D eigenvalue weighted by molar-refractivity contribution is -0.239. The van der Waals surface area contributed by atoms with Gasteiger partial charge in [-0.25, -0.2) is 0 Å². The smallest absolute Gasteiger partial charge is 0.100 e. The van der Waals surface area contributed by atoms with Crippen LogP contribution in [0.25, 0.3) is 0 Å². The lowest BCUT2D eigenvalue weighted by Gasteiger charge is -2.38. The monoisotopic (exact) mass is 255 g/mol. The molecule has 94 valence electrons. The van der Waals surface area contributed by atoms with Gasteiger partial charge in [0.15, 0.2) is 0 Å². The standard InChI is InChI=1S/C13H18ClNO2/c1-3-17-15-7-8-16-13(10(15)2)11-5-4-6-12(14)9-11/h4-6,9-10,13H,3,7-8H2,1-2H3. The van der Waals surface area contributed by atoms with Gasteiger partial charge in [-0.1, -0.05) is 23.7 Å². The van der Waals surface area contributed by atoms with Crippen LogP contribution in [-0.2, 0) is 9.57 Å². The van der Waals surface area contributed by atoms with Crippen LogP contribution in [0.1, 0.15) is 25.5 Å². The molecule has 1 aliphatic rings. The molecule has 0 aliphatic carbocycles. The first-order valence-corrected chi connectivity index (χ1v) is 6.36. The van der Waals surface area contributed by atoms with Crippen LogP contribution in [0.3, 0.4) is 0 Å². The van der Waals surface area contributed by atoms with Gasteiger partial charge in [-0.05, 0) is 31.5 Å². The van der Waals surface area contributed by atoms with E-state index in [2.05, 4.69) is 6.92 Å². The van der Waals surface area contributed by atoms with Gasteiger partial charge in [-0.2, -0.15) is 5.06 Å². The molecule has 0 saturated carbocycles. The average Bonchev–Trinajstić information content (AvgIpc) is 2.32. The number of benzene rings is 1. The van der Waals surface area contributed by atoms with Crippen LogP contribution in [0.4, 0.5) is 0 Å². The number of hydrogen-bond acceptors (Lipinski definition) is 3. The number of ether oxygens (including phenoxy) is 1. The lowest BCUT2D eigenvalue weighted by atomic mass is 10.0. The first-order valence-electron chi connectivity index (χ1n) is 5.99. The molecule has 1 aromatic carbocycles. The molecule has 2 rings (SSSR count). The Morgan fingerprint density at radius 1 is 1.53 bits per heavy atom. The van der Waals surface area contributed by atoms with Gasteiger partial charge in [0.25, 0.3) is 0 Å². The molecule has 4 heteroatoms. The Bertz CT molecular complexity index is 370. The van der Waals surface area contributed by atoms with Crippen molar-refractivity contribution >= 4 is 11.6 Å². The molecule has 1 heterocycles. The second kappa shape index (κ2) is 5.83. The second-order valence-corrected chi connectivity index (χ2v) is 4.58. The fourth-order valence-electron chi connectivity index (χ4n) is 2.17. The fraction of sp³-hybridized carbons (Fsp3) is 0.538. The van der Waals surface area contributed by atoms with Crippen LogP contribution in [-0.4, -0.2) is 30.9 Å². The van der Waals surface area contributed by atoms with Gasteiger partial charge in [-0.3, -0.25) is 4.84 Å². The molecule has 17 heavy (non-hydrogen) atoms. The highest BCUT2D eigenvalue weighted by Crippen LogP contribution is 2.29. The van der Waals surface area contributed by atoms with Crippen LogP contribution < -0.4 is 0 Å². The van der Waals surface area contributed by atoms with Crippen molar-refractivity contribution in [3.8, 4) is 0 Å². The molecule has 1 aliphatic heterocycles. The zero-order valence-electron chi connectivity index (χ0n) is 10.2. The predicted molar refractivity (Wildman–Crippen MR) is 67.9 cm³/mol. The first kappa shape index (κ1) is 12.8. The SMILES string of the molecule is CCON1CCOC(c2cccc(Cl)c2)C1C. The summed E-state index contributed by atoms with van der Waals surface area (Å²) in [4.78, 5) is 5.60. The molecule has 1 fully saturated rings. The molecule has 0 aromatic heterocycles. The summed E-state index contributed by atoms with van der Waals surface area (Å²) in [6, 6.07) is 8.02. The van der Waals surface area contributed by atoms with Gasteiger partial charge < -0.3 is 4.74 Å². The number of hydroxylamine groups is 2. The summed E-state index contributed by atoms with van der Waals surface area (Å²) in [6.07, 6.45) is 0.0222. The van der Waals surface area contributed by atoms with Crippen molar-refractivity contribution in [2.75, 3.05) is 19.8 Å². The van der Waals surface area contributed by atoms with Crippen LogP contribution in [0.5, 0.6) is 0 Å². The Morgan fingerprint density at radius 2 is 2.35 bits per heavy atom. The minimum absolute atomic E-state index is 0.0222. The summed E-state index contributed by atoms with van der Waals surface area (Å²) in [5.41, 5.74) is 1.11. The maximum atomic E-state index is 6.01. The van der Waals surface area contributed by atoms with E-state index in [1.165, 1.54) is 0 Å². The van der Waals surface area contributed by atoms with Crippen molar-refractivity contribution in [1.82, 2.24) is 5.06 Å². The van der Waals surface area contributed by atoms with E-state index in [0.29, 0.717) is 13.2 Å². The summed E-state index contributed by atoms with van der Waals surface area (Å²) >= 11 is 6.01. The molecule has 2 atom stereocenters. The highest BCUT2D eigenvalue weighted by Gasteiger charge is 2.30. The Labute approximate surface area is 107 Å². The highest BCUT2D eigenvalue weighted by molar-refractivity contribution is 6.30. The van der Waals surface area contributed by atoms with Crippen LogP contribution in [0, 0.1) is 0 Å². The molecule has 1 saturated heterocycles. The third-order valence-corrected chi connectivity index (χ3v) is 3.21. The molecule has 3 nitrogen and oxygen atoms in total. The molecule has 0 amide bonds. The van der Waals surface area contributed by atoms with E-state index in [9.17, 15) is 0 Å². The van der Waals surface area contributed by atoms with E-state index < -0.39 is 0 Å². The third-order valence-electron chi connectivity index (χ3n) is 2.97. The van der Waals surface area contributed by atoms with E-state index in [0.717, 1.165) is 17.1 Å². The Hall–Kier alpha value is -0.610. The Balaban J connectivity index is 2.14. The van der Waals surface area contributed by atoms with Gasteiger partial charge in [0.2, 0.25) is 0 Å². The van der Waals surface area contributed by atoms with Crippen molar-refractivity contribution in [3.05, 3.63) is 34.9 Å². The summed E-state index contributed by atoms with van der Waals surface area (Å²) in [6.45, 7) is 6.29. The van der Waals surface area contributed by atoms with E-state index in [1.54, 1.807) is 0 Å². The highest BCUT2D eigenvalue weighted by atomic mass is 35.5. The van der Waals surface area contributed by atoms with Gasteiger partial charge in [0, 0.05) is 11.6 Å². The number of nitrogens with zero attached hydrogens (tertiary/aromatic N) is 1. The normalized spacial score (nSPS) is 26.1. The molecule has 0 spiro atoms. The summed E-state index contributed by atoms with van der Waals surface area (Å²) in [7, 11) is 0. The molecular weight excluding hydrogens is 238 g/mol. The zero-order chi connectivity index (χ0) is 12.3. The number of rotatable bonds is 3. The van der Waals surface area contributed by atoms with Crippen LogP contribution >= 0.6 is 11.6 Å². The maximum absolute atomic E-state index is 6.01. The van der Waals surface area contributed by atoms with E-state index in [4.69, 9.17) is 21.2 Å². The van der Waals surface area contributed by atoms with Crippen molar-refractivity contribution in [2.24, 2.45) is 0 Å². The Morgan fingerprint density at radius 3 is 3.06 bits per heavy atom. The molecule has 2 unspecified atom stereocenters. The van der Waals surface area contributed by atoms with E-state index >= 15 is 0 Å². The lowest BCUT2D eigenvalue weighted by Crippen LogP contribution is -2.45. The van der Waals surface area contributed by atoms with Gasteiger partial charge in [-0.15, -0.1) is 0 Å².